The summed E-state index contributed by atoms with van der Waals surface area (Å²) in [5.74, 6) is -0.734. The first-order valence-electron chi connectivity index (χ1n) is 10.9. The Hall–Kier alpha value is -3.93. The van der Waals surface area contributed by atoms with Crippen LogP contribution in [0.4, 0.5) is 4.39 Å². The van der Waals surface area contributed by atoms with E-state index in [9.17, 15) is 14.0 Å². The van der Waals surface area contributed by atoms with Gasteiger partial charge in [-0.1, -0.05) is 48.5 Å². The van der Waals surface area contributed by atoms with Crippen LogP contribution < -0.4 is 5.32 Å². The predicted octanol–water partition coefficient (Wildman–Crippen LogP) is 4.49. The molecule has 0 saturated carbocycles. The molecule has 2 heterocycles. The highest BCUT2D eigenvalue weighted by molar-refractivity contribution is 6.02. The van der Waals surface area contributed by atoms with Crippen molar-refractivity contribution in [2.24, 2.45) is 7.05 Å². The van der Waals surface area contributed by atoms with Crippen LogP contribution in [-0.4, -0.2) is 27.8 Å². The number of aromatic nitrogens is 1. The minimum atomic E-state index is -0.351. The maximum absolute atomic E-state index is 13.4. The van der Waals surface area contributed by atoms with Gasteiger partial charge in [0.2, 0.25) is 5.91 Å². The van der Waals surface area contributed by atoms with E-state index in [1.54, 1.807) is 17.0 Å². The number of rotatable bonds is 5. The molecule has 0 spiro atoms. The van der Waals surface area contributed by atoms with E-state index >= 15 is 0 Å². The van der Waals surface area contributed by atoms with Crippen molar-refractivity contribution in [1.29, 1.82) is 0 Å². The second kappa shape index (κ2) is 8.20. The molecular weight excluding hydrogens is 417 g/mol. The fraction of sp³-hybridized carbons (Fsp3) is 0.185. The standard InChI is InChI=1S/C27H24FN3O2/c1-17-25(22-9-5-6-10-23(22)30(17)2)26-20-7-3-4-8-21(20)27(33)31(26)16-24(32)29-15-18-11-13-19(28)14-12-18/h3-14,26H,15-16H2,1-2H3,(H,29,32). The number of nitrogens with one attached hydrogen (secondary N) is 1. The van der Waals surface area contributed by atoms with E-state index in [-0.39, 0.29) is 36.8 Å². The van der Waals surface area contributed by atoms with E-state index in [4.69, 9.17) is 0 Å². The molecule has 1 N–H and O–H groups in total. The number of para-hydroxylation sites is 1. The second-order valence-corrected chi connectivity index (χ2v) is 8.40. The molecule has 33 heavy (non-hydrogen) atoms. The first kappa shape index (κ1) is 20.9. The third kappa shape index (κ3) is 3.57. The largest absolute Gasteiger partial charge is 0.350 e. The van der Waals surface area contributed by atoms with Crippen molar-refractivity contribution in [3.63, 3.8) is 0 Å². The minimum Gasteiger partial charge on any atom is -0.350 e. The summed E-state index contributed by atoms with van der Waals surface area (Å²) >= 11 is 0. The van der Waals surface area contributed by atoms with Gasteiger partial charge in [-0.3, -0.25) is 9.59 Å². The van der Waals surface area contributed by atoms with Crippen LogP contribution in [0.3, 0.4) is 0 Å². The van der Waals surface area contributed by atoms with Crippen molar-refractivity contribution >= 4 is 22.7 Å². The van der Waals surface area contributed by atoms with Crippen LogP contribution >= 0.6 is 0 Å². The molecule has 0 saturated heterocycles. The van der Waals surface area contributed by atoms with Gasteiger partial charge in [0.25, 0.3) is 5.91 Å². The van der Waals surface area contributed by atoms with Crippen LogP contribution in [0.2, 0.25) is 0 Å². The molecule has 3 aromatic carbocycles. The zero-order chi connectivity index (χ0) is 23.1. The Morgan fingerprint density at radius 3 is 2.48 bits per heavy atom. The lowest BCUT2D eigenvalue weighted by atomic mass is 9.95. The monoisotopic (exact) mass is 441 g/mol. The summed E-state index contributed by atoms with van der Waals surface area (Å²) in [5, 5.41) is 3.93. The highest BCUT2D eigenvalue weighted by Gasteiger charge is 2.40. The summed E-state index contributed by atoms with van der Waals surface area (Å²) in [4.78, 5) is 27.9. The van der Waals surface area contributed by atoms with Crippen LogP contribution in [0, 0.1) is 12.7 Å². The molecule has 1 aliphatic rings. The van der Waals surface area contributed by atoms with E-state index < -0.39 is 0 Å². The molecule has 0 radical (unpaired) electrons. The van der Waals surface area contributed by atoms with Gasteiger partial charge in [-0.2, -0.15) is 0 Å². The van der Waals surface area contributed by atoms with E-state index in [0.29, 0.717) is 5.56 Å². The van der Waals surface area contributed by atoms with Crippen molar-refractivity contribution in [2.45, 2.75) is 19.5 Å². The molecule has 1 aromatic heterocycles. The predicted molar refractivity (Wildman–Crippen MR) is 125 cm³/mol. The van der Waals surface area contributed by atoms with E-state index in [0.717, 1.165) is 33.3 Å². The summed E-state index contributed by atoms with van der Waals surface area (Å²) in [6.07, 6.45) is 0. The Balaban J connectivity index is 1.49. The summed E-state index contributed by atoms with van der Waals surface area (Å²) in [5.41, 5.74) is 5.51. The fourth-order valence-electron chi connectivity index (χ4n) is 4.75. The van der Waals surface area contributed by atoms with Gasteiger partial charge in [0.05, 0.1) is 6.04 Å². The Bertz CT molecular complexity index is 1370. The molecule has 0 fully saturated rings. The molecule has 4 aromatic rings. The second-order valence-electron chi connectivity index (χ2n) is 8.40. The number of fused-ring (bicyclic) bond motifs is 2. The number of hydrogen-bond donors (Lipinski definition) is 1. The highest BCUT2D eigenvalue weighted by Crippen LogP contribution is 2.43. The lowest BCUT2D eigenvalue weighted by molar-refractivity contribution is -0.122. The van der Waals surface area contributed by atoms with Gasteiger partial charge in [0.15, 0.2) is 0 Å². The maximum Gasteiger partial charge on any atom is 0.255 e. The first-order chi connectivity index (χ1) is 16.0. The lowest BCUT2D eigenvalue weighted by Crippen LogP contribution is -2.39. The van der Waals surface area contributed by atoms with Crippen LogP contribution in [0.15, 0.2) is 72.8 Å². The normalized spacial score (nSPS) is 15.2. The van der Waals surface area contributed by atoms with Crippen molar-refractivity contribution in [3.8, 4) is 0 Å². The number of hydrogen-bond acceptors (Lipinski definition) is 2. The van der Waals surface area contributed by atoms with Crippen LogP contribution in [0.25, 0.3) is 10.9 Å². The smallest absolute Gasteiger partial charge is 0.255 e. The molecule has 0 bridgehead atoms. The third-order valence-electron chi connectivity index (χ3n) is 6.50. The van der Waals surface area contributed by atoms with E-state index in [1.165, 1.54) is 12.1 Å². The molecule has 166 valence electrons. The van der Waals surface area contributed by atoms with Crippen LogP contribution in [-0.2, 0) is 18.4 Å². The van der Waals surface area contributed by atoms with Crippen LogP contribution in [0.1, 0.15) is 38.8 Å². The zero-order valence-electron chi connectivity index (χ0n) is 18.5. The van der Waals surface area contributed by atoms with Gasteiger partial charge in [0, 0.05) is 41.3 Å². The van der Waals surface area contributed by atoms with Gasteiger partial charge in [0.1, 0.15) is 12.4 Å². The SMILES string of the molecule is Cc1c(C2c3ccccc3C(=O)N2CC(=O)NCc2ccc(F)cc2)c2ccccc2n1C. The molecule has 6 heteroatoms. The summed E-state index contributed by atoms with van der Waals surface area (Å²) < 4.78 is 15.3. The molecule has 1 unspecified atom stereocenters. The highest BCUT2D eigenvalue weighted by atomic mass is 19.1. The Morgan fingerprint density at radius 1 is 1.00 bits per heavy atom. The maximum atomic E-state index is 13.4. The Kier molecular flexibility index (Phi) is 5.21. The van der Waals surface area contributed by atoms with Crippen molar-refractivity contribution in [2.75, 3.05) is 6.54 Å². The molecule has 5 nitrogen and oxygen atoms in total. The molecule has 0 aliphatic carbocycles. The van der Waals surface area contributed by atoms with Crippen molar-refractivity contribution < 1.29 is 14.0 Å². The number of halogens is 1. The van der Waals surface area contributed by atoms with E-state index in [1.807, 2.05) is 50.4 Å². The summed E-state index contributed by atoms with van der Waals surface area (Å²) in [6, 6.07) is 21.3. The first-order valence-corrected chi connectivity index (χ1v) is 10.9. The Morgan fingerprint density at radius 2 is 1.70 bits per heavy atom. The fourth-order valence-corrected chi connectivity index (χ4v) is 4.75. The average molecular weight is 442 g/mol. The van der Waals surface area contributed by atoms with Gasteiger partial charge in [-0.15, -0.1) is 0 Å². The Labute approximate surface area is 191 Å². The van der Waals surface area contributed by atoms with Gasteiger partial charge in [-0.25, -0.2) is 4.39 Å². The average Bonchev–Trinajstić information content (AvgIpc) is 3.24. The third-order valence-corrected chi connectivity index (χ3v) is 6.50. The summed E-state index contributed by atoms with van der Waals surface area (Å²) in [6.45, 7) is 2.25. The van der Waals surface area contributed by atoms with Crippen LogP contribution in [0.5, 0.6) is 0 Å². The zero-order valence-corrected chi connectivity index (χ0v) is 18.5. The number of amides is 2. The quantitative estimate of drug-likeness (QED) is 0.496. The van der Waals surface area contributed by atoms with Gasteiger partial charge in [-0.05, 0) is 42.3 Å². The number of benzene rings is 3. The number of nitrogens with zero attached hydrogens (tertiary/aromatic N) is 2. The molecule has 1 atom stereocenters. The number of carbonyl (C=O) groups is 2. The molecular formula is C27H24FN3O2. The topological polar surface area (TPSA) is 54.3 Å². The molecule has 2 amide bonds. The van der Waals surface area contributed by atoms with Crippen molar-refractivity contribution in [1.82, 2.24) is 14.8 Å². The van der Waals surface area contributed by atoms with E-state index in [2.05, 4.69) is 22.0 Å². The molecule has 1 aliphatic heterocycles. The summed E-state index contributed by atoms with van der Waals surface area (Å²) in [7, 11) is 2.02. The lowest BCUT2D eigenvalue weighted by Gasteiger charge is -2.26. The number of carbonyl (C=O) groups excluding carboxylic acids is 2. The number of aryl methyl sites for hydroxylation is 1. The van der Waals surface area contributed by atoms with Gasteiger partial charge < -0.3 is 14.8 Å². The minimum absolute atomic E-state index is 0.0674. The van der Waals surface area contributed by atoms with Crippen molar-refractivity contribution in [3.05, 3.63) is 107 Å². The molecule has 5 rings (SSSR count). The van der Waals surface area contributed by atoms with Gasteiger partial charge >= 0.3 is 0 Å².